The molecule has 1 N–H and O–H groups in total. The molecule has 1 saturated heterocycles. The molecule has 4 heteroatoms. The van der Waals surface area contributed by atoms with Crippen molar-refractivity contribution in [2.75, 3.05) is 18.5 Å². The molecule has 2 rings (SSSR count). The zero-order valence-electron chi connectivity index (χ0n) is 11.8. The van der Waals surface area contributed by atoms with Gasteiger partial charge in [-0.15, -0.1) is 0 Å². The van der Waals surface area contributed by atoms with Crippen molar-refractivity contribution in [1.29, 1.82) is 0 Å². The van der Waals surface area contributed by atoms with Gasteiger partial charge in [-0.05, 0) is 32.6 Å². The van der Waals surface area contributed by atoms with Crippen molar-refractivity contribution in [1.82, 2.24) is 9.97 Å². The van der Waals surface area contributed by atoms with E-state index in [1.807, 2.05) is 6.07 Å². The lowest BCUT2D eigenvalue weighted by Gasteiger charge is -2.23. The highest BCUT2D eigenvalue weighted by molar-refractivity contribution is 5.37. The number of hydrogen-bond donors (Lipinski definition) is 1. The zero-order valence-corrected chi connectivity index (χ0v) is 11.8. The minimum Gasteiger partial charge on any atom is -0.370 e. The van der Waals surface area contributed by atoms with Gasteiger partial charge in [0.2, 0.25) is 0 Å². The fourth-order valence-electron chi connectivity index (χ4n) is 2.23. The summed E-state index contributed by atoms with van der Waals surface area (Å²) in [6, 6.07) is 2.04. The summed E-state index contributed by atoms with van der Waals surface area (Å²) in [6.07, 6.45) is 2.09. The third kappa shape index (κ3) is 2.64. The van der Waals surface area contributed by atoms with Crippen molar-refractivity contribution in [3.05, 3.63) is 17.6 Å². The van der Waals surface area contributed by atoms with E-state index >= 15 is 0 Å². The Kier molecular flexibility index (Phi) is 3.85. The first-order valence-corrected chi connectivity index (χ1v) is 6.82. The summed E-state index contributed by atoms with van der Waals surface area (Å²) >= 11 is 0. The van der Waals surface area contributed by atoms with E-state index in [0.29, 0.717) is 5.92 Å². The van der Waals surface area contributed by atoms with Crippen molar-refractivity contribution in [2.45, 2.75) is 52.1 Å². The maximum absolute atomic E-state index is 5.84. The minimum absolute atomic E-state index is 0.310. The number of rotatable bonds is 4. The topological polar surface area (TPSA) is 47.0 Å². The summed E-state index contributed by atoms with van der Waals surface area (Å²) in [5.41, 5.74) is 0.766. The Morgan fingerprint density at radius 1 is 1.44 bits per heavy atom. The molecule has 0 aromatic carbocycles. The Hall–Kier alpha value is -1.16. The van der Waals surface area contributed by atoms with Crippen LogP contribution in [0.1, 0.15) is 58.0 Å². The van der Waals surface area contributed by atoms with E-state index in [2.05, 4.69) is 38.0 Å². The molecule has 1 fully saturated rings. The molecule has 0 radical (unpaired) electrons. The summed E-state index contributed by atoms with van der Waals surface area (Å²) in [4.78, 5) is 9.30. The van der Waals surface area contributed by atoms with Crippen LogP contribution in [0.3, 0.4) is 0 Å². The Labute approximate surface area is 109 Å². The van der Waals surface area contributed by atoms with Gasteiger partial charge in [-0.3, -0.25) is 0 Å². The van der Waals surface area contributed by atoms with Gasteiger partial charge in [0.15, 0.2) is 5.82 Å². The van der Waals surface area contributed by atoms with E-state index in [4.69, 9.17) is 9.72 Å². The maximum Gasteiger partial charge on any atom is 0.162 e. The summed E-state index contributed by atoms with van der Waals surface area (Å²) in [7, 11) is 0. The monoisotopic (exact) mass is 249 g/mol. The second kappa shape index (κ2) is 5.22. The number of nitrogens with zero attached hydrogens (tertiary/aromatic N) is 2. The molecule has 100 valence electrons. The predicted molar refractivity (Wildman–Crippen MR) is 72.8 cm³/mol. The fraction of sp³-hybridized carbons (Fsp3) is 0.714. The van der Waals surface area contributed by atoms with Gasteiger partial charge in [0, 0.05) is 24.9 Å². The third-order valence-corrected chi connectivity index (χ3v) is 3.39. The summed E-state index contributed by atoms with van der Waals surface area (Å²) in [5.74, 6) is 2.12. The SMILES string of the molecule is CCNc1cc(C(C)C)nc(C2(C)CCCO2)n1. The standard InChI is InChI=1S/C14H23N3O/c1-5-15-12-9-11(10(2)3)16-13(17-12)14(4)7-6-8-18-14/h9-10H,5-8H2,1-4H3,(H,15,16,17). The highest BCUT2D eigenvalue weighted by atomic mass is 16.5. The normalized spacial score (nSPS) is 23.6. The minimum atomic E-state index is -0.310. The quantitative estimate of drug-likeness (QED) is 0.891. The van der Waals surface area contributed by atoms with E-state index in [-0.39, 0.29) is 5.60 Å². The molecule has 4 nitrogen and oxygen atoms in total. The largest absolute Gasteiger partial charge is 0.370 e. The second-order valence-electron chi connectivity index (χ2n) is 5.37. The van der Waals surface area contributed by atoms with Crippen LogP contribution in [-0.2, 0) is 10.3 Å². The van der Waals surface area contributed by atoms with Crippen LogP contribution >= 0.6 is 0 Å². The molecular formula is C14H23N3O. The van der Waals surface area contributed by atoms with E-state index in [1.54, 1.807) is 0 Å². The molecule has 0 saturated carbocycles. The van der Waals surface area contributed by atoms with Gasteiger partial charge in [-0.1, -0.05) is 13.8 Å². The molecule has 1 unspecified atom stereocenters. The number of aromatic nitrogens is 2. The first kappa shape index (κ1) is 13.3. The molecule has 0 amide bonds. The number of nitrogens with one attached hydrogen (secondary N) is 1. The maximum atomic E-state index is 5.84. The van der Waals surface area contributed by atoms with E-state index in [9.17, 15) is 0 Å². The lowest BCUT2D eigenvalue weighted by atomic mass is 10.0. The third-order valence-electron chi connectivity index (χ3n) is 3.39. The van der Waals surface area contributed by atoms with E-state index in [1.165, 1.54) is 0 Å². The highest BCUT2D eigenvalue weighted by Crippen LogP contribution is 2.34. The van der Waals surface area contributed by atoms with Gasteiger partial charge in [0.1, 0.15) is 11.4 Å². The molecule has 1 aromatic rings. The molecule has 0 bridgehead atoms. The second-order valence-corrected chi connectivity index (χ2v) is 5.37. The van der Waals surface area contributed by atoms with Crippen LogP contribution in [0, 0.1) is 0 Å². The van der Waals surface area contributed by atoms with E-state index < -0.39 is 0 Å². The van der Waals surface area contributed by atoms with Crippen LogP contribution in [0.2, 0.25) is 0 Å². The molecule has 1 aromatic heterocycles. The van der Waals surface area contributed by atoms with Crippen LogP contribution in [0.4, 0.5) is 5.82 Å². The van der Waals surface area contributed by atoms with Crippen LogP contribution in [0.15, 0.2) is 6.07 Å². The van der Waals surface area contributed by atoms with Crippen molar-refractivity contribution >= 4 is 5.82 Å². The Morgan fingerprint density at radius 3 is 2.78 bits per heavy atom. The molecule has 18 heavy (non-hydrogen) atoms. The van der Waals surface area contributed by atoms with Gasteiger partial charge in [0.25, 0.3) is 0 Å². The smallest absolute Gasteiger partial charge is 0.162 e. The number of ether oxygens (including phenoxy) is 1. The van der Waals surface area contributed by atoms with Crippen molar-refractivity contribution < 1.29 is 4.74 Å². The van der Waals surface area contributed by atoms with Crippen LogP contribution in [-0.4, -0.2) is 23.1 Å². The molecular weight excluding hydrogens is 226 g/mol. The molecule has 0 aliphatic carbocycles. The molecule has 1 aliphatic heterocycles. The van der Waals surface area contributed by atoms with Crippen LogP contribution in [0.25, 0.3) is 0 Å². The Morgan fingerprint density at radius 2 is 2.22 bits per heavy atom. The summed E-state index contributed by atoms with van der Waals surface area (Å²) in [5, 5.41) is 3.28. The lowest BCUT2D eigenvalue weighted by molar-refractivity contribution is 0.00923. The molecule has 0 spiro atoms. The van der Waals surface area contributed by atoms with Crippen LogP contribution < -0.4 is 5.32 Å². The Balaban J connectivity index is 2.39. The van der Waals surface area contributed by atoms with Crippen molar-refractivity contribution in [3.63, 3.8) is 0 Å². The lowest BCUT2D eigenvalue weighted by Crippen LogP contribution is -2.25. The van der Waals surface area contributed by atoms with Gasteiger partial charge in [-0.2, -0.15) is 0 Å². The van der Waals surface area contributed by atoms with Crippen LogP contribution in [0.5, 0.6) is 0 Å². The predicted octanol–water partition coefficient (Wildman–Crippen LogP) is 3.06. The number of hydrogen-bond acceptors (Lipinski definition) is 4. The molecule has 2 heterocycles. The van der Waals surface area contributed by atoms with Gasteiger partial charge < -0.3 is 10.1 Å². The van der Waals surface area contributed by atoms with E-state index in [0.717, 1.165) is 43.3 Å². The highest BCUT2D eigenvalue weighted by Gasteiger charge is 2.35. The summed E-state index contributed by atoms with van der Waals surface area (Å²) < 4.78 is 5.84. The van der Waals surface area contributed by atoms with Crippen molar-refractivity contribution in [2.24, 2.45) is 0 Å². The van der Waals surface area contributed by atoms with Gasteiger partial charge >= 0.3 is 0 Å². The fourth-order valence-corrected chi connectivity index (χ4v) is 2.23. The molecule has 1 atom stereocenters. The first-order valence-electron chi connectivity index (χ1n) is 6.82. The first-order chi connectivity index (χ1) is 8.55. The average molecular weight is 249 g/mol. The average Bonchev–Trinajstić information content (AvgIpc) is 2.77. The summed E-state index contributed by atoms with van der Waals surface area (Å²) in [6.45, 7) is 10.1. The van der Waals surface area contributed by atoms with Gasteiger partial charge in [0.05, 0.1) is 0 Å². The Bertz CT molecular complexity index is 412. The van der Waals surface area contributed by atoms with Crippen molar-refractivity contribution in [3.8, 4) is 0 Å². The van der Waals surface area contributed by atoms with Gasteiger partial charge in [-0.25, -0.2) is 9.97 Å². The zero-order chi connectivity index (χ0) is 13.2. The number of anilines is 1. The molecule has 1 aliphatic rings.